The number of morpholine rings is 1. The van der Waals surface area contributed by atoms with Crippen LogP contribution < -0.4 is 5.32 Å². The molecule has 0 radical (unpaired) electrons. The van der Waals surface area contributed by atoms with E-state index in [-0.39, 0.29) is 6.04 Å². The van der Waals surface area contributed by atoms with Crippen LogP contribution in [0.3, 0.4) is 0 Å². The van der Waals surface area contributed by atoms with Crippen LogP contribution in [0.5, 0.6) is 0 Å². The molecule has 1 aliphatic heterocycles. The molecular formula is C9H10BrN5O. The Morgan fingerprint density at radius 1 is 1.56 bits per heavy atom. The molecule has 0 aromatic carbocycles. The number of fused-ring (bicyclic) bond motifs is 1. The summed E-state index contributed by atoms with van der Waals surface area (Å²) in [6.07, 6.45) is 3.54. The third kappa shape index (κ3) is 1.81. The van der Waals surface area contributed by atoms with Crippen LogP contribution in [-0.4, -0.2) is 39.3 Å². The fraction of sp³-hybridized carbons (Fsp3) is 0.444. The van der Waals surface area contributed by atoms with Crippen LogP contribution in [0.25, 0.3) is 5.78 Å². The van der Waals surface area contributed by atoms with E-state index < -0.39 is 0 Å². The number of halogens is 1. The van der Waals surface area contributed by atoms with Gasteiger partial charge in [0.15, 0.2) is 5.82 Å². The first-order chi connectivity index (χ1) is 7.83. The van der Waals surface area contributed by atoms with E-state index in [0.29, 0.717) is 12.4 Å². The molecule has 84 valence electrons. The molecule has 1 saturated heterocycles. The van der Waals surface area contributed by atoms with Crippen LogP contribution >= 0.6 is 15.9 Å². The maximum absolute atomic E-state index is 5.37. The fourth-order valence-electron chi connectivity index (χ4n) is 1.65. The smallest absolute Gasteiger partial charge is 0.252 e. The van der Waals surface area contributed by atoms with Gasteiger partial charge in [0.25, 0.3) is 5.78 Å². The quantitative estimate of drug-likeness (QED) is 0.828. The van der Waals surface area contributed by atoms with Gasteiger partial charge in [0.2, 0.25) is 0 Å². The first-order valence-electron chi connectivity index (χ1n) is 5.02. The third-order valence-corrected chi connectivity index (χ3v) is 2.82. The molecule has 6 nitrogen and oxygen atoms in total. The topological polar surface area (TPSA) is 64.3 Å². The van der Waals surface area contributed by atoms with Gasteiger partial charge in [-0.2, -0.15) is 4.98 Å². The zero-order chi connectivity index (χ0) is 11.0. The summed E-state index contributed by atoms with van der Waals surface area (Å²) >= 11 is 3.35. The molecule has 3 heterocycles. The highest BCUT2D eigenvalue weighted by molar-refractivity contribution is 9.10. The molecule has 0 saturated carbocycles. The summed E-state index contributed by atoms with van der Waals surface area (Å²) in [6, 6.07) is 0.0641. The second-order valence-corrected chi connectivity index (χ2v) is 4.48. The van der Waals surface area contributed by atoms with Crippen molar-refractivity contribution in [3.05, 3.63) is 22.7 Å². The van der Waals surface area contributed by atoms with Gasteiger partial charge >= 0.3 is 0 Å². The van der Waals surface area contributed by atoms with E-state index in [1.807, 2.05) is 6.20 Å². The van der Waals surface area contributed by atoms with Crippen molar-refractivity contribution in [2.24, 2.45) is 0 Å². The van der Waals surface area contributed by atoms with Crippen LogP contribution in [0.2, 0.25) is 0 Å². The van der Waals surface area contributed by atoms with Crippen molar-refractivity contribution in [3.63, 3.8) is 0 Å². The Labute approximate surface area is 100 Å². The Morgan fingerprint density at radius 2 is 2.50 bits per heavy atom. The zero-order valence-electron chi connectivity index (χ0n) is 8.43. The van der Waals surface area contributed by atoms with Crippen molar-refractivity contribution in [3.8, 4) is 0 Å². The Bertz CT molecular complexity index is 508. The molecule has 0 amide bonds. The van der Waals surface area contributed by atoms with Gasteiger partial charge in [0.1, 0.15) is 0 Å². The summed E-state index contributed by atoms with van der Waals surface area (Å²) < 4.78 is 7.92. The van der Waals surface area contributed by atoms with Gasteiger partial charge in [-0.25, -0.2) is 9.50 Å². The largest absolute Gasteiger partial charge is 0.378 e. The van der Waals surface area contributed by atoms with E-state index in [0.717, 1.165) is 23.4 Å². The van der Waals surface area contributed by atoms with E-state index in [1.54, 1.807) is 10.7 Å². The van der Waals surface area contributed by atoms with Crippen molar-refractivity contribution in [2.75, 3.05) is 19.8 Å². The molecule has 7 heteroatoms. The molecule has 1 unspecified atom stereocenters. The molecule has 0 spiro atoms. The van der Waals surface area contributed by atoms with Crippen LogP contribution in [0, 0.1) is 0 Å². The Kier molecular flexibility index (Phi) is 2.58. The predicted octanol–water partition coefficient (Wildman–Crippen LogP) is 0.548. The lowest BCUT2D eigenvalue weighted by Crippen LogP contribution is -2.35. The first-order valence-corrected chi connectivity index (χ1v) is 5.81. The molecule has 3 rings (SSSR count). The van der Waals surface area contributed by atoms with Crippen molar-refractivity contribution in [1.82, 2.24) is 24.9 Å². The van der Waals surface area contributed by atoms with E-state index in [1.165, 1.54) is 0 Å². The Hall–Kier alpha value is -1.05. The van der Waals surface area contributed by atoms with Gasteiger partial charge < -0.3 is 10.1 Å². The number of hydrogen-bond donors (Lipinski definition) is 1. The molecule has 0 bridgehead atoms. The van der Waals surface area contributed by atoms with Gasteiger partial charge in [-0.3, -0.25) is 0 Å². The van der Waals surface area contributed by atoms with Crippen molar-refractivity contribution in [1.29, 1.82) is 0 Å². The molecule has 2 aromatic rings. The second-order valence-electron chi connectivity index (χ2n) is 3.57. The minimum Gasteiger partial charge on any atom is -0.378 e. The van der Waals surface area contributed by atoms with Gasteiger partial charge in [-0.1, -0.05) is 0 Å². The molecule has 1 atom stereocenters. The average Bonchev–Trinajstić information content (AvgIpc) is 2.73. The summed E-state index contributed by atoms with van der Waals surface area (Å²) in [7, 11) is 0. The van der Waals surface area contributed by atoms with Crippen LogP contribution in [0.15, 0.2) is 16.9 Å². The van der Waals surface area contributed by atoms with E-state index in [4.69, 9.17) is 4.74 Å². The summed E-state index contributed by atoms with van der Waals surface area (Å²) in [5.41, 5.74) is 0. The average molecular weight is 284 g/mol. The lowest BCUT2D eigenvalue weighted by molar-refractivity contribution is 0.0743. The SMILES string of the molecule is Brc1cnc2nc(C3COCCN3)nn2c1. The Balaban J connectivity index is 1.97. The minimum absolute atomic E-state index is 0.0641. The zero-order valence-corrected chi connectivity index (χ0v) is 10.0. The maximum Gasteiger partial charge on any atom is 0.252 e. The van der Waals surface area contributed by atoms with Crippen molar-refractivity contribution in [2.45, 2.75) is 6.04 Å². The number of nitrogens with zero attached hydrogens (tertiary/aromatic N) is 4. The minimum atomic E-state index is 0.0641. The highest BCUT2D eigenvalue weighted by Crippen LogP contribution is 2.13. The number of rotatable bonds is 1. The molecule has 2 aromatic heterocycles. The summed E-state index contributed by atoms with van der Waals surface area (Å²) in [4.78, 5) is 8.53. The number of nitrogens with one attached hydrogen (secondary N) is 1. The van der Waals surface area contributed by atoms with Gasteiger partial charge in [-0.15, -0.1) is 5.10 Å². The Morgan fingerprint density at radius 3 is 3.31 bits per heavy atom. The highest BCUT2D eigenvalue weighted by Gasteiger charge is 2.20. The van der Waals surface area contributed by atoms with E-state index in [9.17, 15) is 0 Å². The van der Waals surface area contributed by atoms with E-state index >= 15 is 0 Å². The molecule has 1 fully saturated rings. The number of aromatic nitrogens is 4. The van der Waals surface area contributed by atoms with E-state index in [2.05, 4.69) is 36.3 Å². The predicted molar refractivity (Wildman–Crippen MR) is 60.0 cm³/mol. The summed E-state index contributed by atoms with van der Waals surface area (Å²) in [6.45, 7) is 2.18. The second kappa shape index (κ2) is 4.08. The summed E-state index contributed by atoms with van der Waals surface area (Å²) in [5, 5.41) is 7.68. The maximum atomic E-state index is 5.37. The van der Waals surface area contributed by atoms with Gasteiger partial charge in [0, 0.05) is 18.9 Å². The normalized spacial score (nSPS) is 21.4. The summed E-state index contributed by atoms with van der Waals surface area (Å²) in [5.74, 6) is 1.33. The van der Waals surface area contributed by atoms with Gasteiger partial charge in [-0.05, 0) is 15.9 Å². The lowest BCUT2D eigenvalue weighted by atomic mass is 10.3. The number of ether oxygens (including phenoxy) is 1. The van der Waals surface area contributed by atoms with Crippen LogP contribution in [0.1, 0.15) is 11.9 Å². The molecule has 1 aliphatic rings. The van der Waals surface area contributed by atoms with Gasteiger partial charge in [0.05, 0.1) is 23.7 Å². The lowest BCUT2D eigenvalue weighted by Gasteiger charge is -2.20. The van der Waals surface area contributed by atoms with Crippen molar-refractivity contribution < 1.29 is 4.74 Å². The first kappa shape index (κ1) is 10.1. The molecule has 0 aliphatic carbocycles. The van der Waals surface area contributed by atoms with Crippen LogP contribution in [0.4, 0.5) is 0 Å². The van der Waals surface area contributed by atoms with Crippen LogP contribution in [-0.2, 0) is 4.74 Å². The number of hydrogen-bond acceptors (Lipinski definition) is 5. The molecule has 1 N–H and O–H groups in total. The fourth-order valence-corrected chi connectivity index (χ4v) is 1.95. The monoisotopic (exact) mass is 283 g/mol. The highest BCUT2D eigenvalue weighted by atomic mass is 79.9. The molecule has 16 heavy (non-hydrogen) atoms. The third-order valence-electron chi connectivity index (χ3n) is 2.41. The van der Waals surface area contributed by atoms with Crippen molar-refractivity contribution >= 4 is 21.7 Å². The standard InChI is InChI=1S/C9H10BrN5O/c10-6-3-12-9-13-8(14-15(9)4-6)7-5-16-2-1-11-7/h3-4,7,11H,1-2,5H2. The molecular weight excluding hydrogens is 274 g/mol.